The number of hydrogen-bond acceptors (Lipinski definition) is 5. The predicted octanol–water partition coefficient (Wildman–Crippen LogP) is 4.88. The van der Waals surface area contributed by atoms with E-state index in [4.69, 9.17) is 14.6 Å². The molecule has 1 amide bonds. The molecular weight excluding hydrogens is 461 g/mol. The summed E-state index contributed by atoms with van der Waals surface area (Å²) in [7, 11) is 3.13. The molecular formula is C23H24F5N3O3. The summed E-state index contributed by atoms with van der Waals surface area (Å²) in [4.78, 5) is 11.3. The van der Waals surface area contributed by atoms with Gasteiger partial charge in [-0.3, -0.25) is 9.80 Å². The van der Waals surface area contributed by atoms with Crippen LogP contribution in [0.2, 0.25) is 0 Å². The zero-order valence-corrected chi connectivity index (χ0v) is 18.6. The Morgan fingerprint density at radius 2 is 1.71 bits per heavy atom. The second-order valence-corrected chi connectivity index (χ2v) is 7.65. The number of halogens is 5. The molecule has 1 heterocycles. The van der Waals surface area contributed by atoms with Gasteiger partial charge in [0.15, 0.2) is 11.5 Å². The number of rotatable bonds is 8. The van der Waals surface area contributed by atoms with E-state index < -0.39 is 18.0 Å². The molecule has 0 atom stereocenters. The second-order valence-electron chi connectivity index (χ2n) is 7.65. The summed E-state index contributed by atoms with van der Waals surface area (Å²) >= 11 is 0. The van der Waals surface area contributed by atoms with E-state index in [-0.39, 0.29) is 5.69 Å². The van der Waals surface area contributed by atoms with Crippen molar-refractivity contribution in [2.45, 2.75) is 31.4 Å². The van der Waals surface area contributed by atoms with Crippen LogP contribution in [0.3, 0.4) is 0 Å². The maximum absolute atomic E-state index is 13.1. The lowest BCUT2D eigenvalue weighted by Crippen LogP contribution is -2.47. The van der Waals surface area contributed by atoms with E-state index in [1.807, 2.05) is 23.2 Å². The smallest absolute Gasteiger partial charge is 0.463 e. The minimum Gasteiger partial charge on any atom is -0.493 e. The largest absolute Gasteiger partial charge is 0.493 e. The van der Waals surface area contributed by atoms with Gasteiger partial charge >= 0.3 is 18.0 Å². The molecule has 0 bridgehead atoms. The Hall–Kier alpha value is -3.37. The SMILES string of the molecule is COc1ccc(C2=NN(CCc3ccc(NC(=O)C(F)(F)C(F)(F)F)cc3)CCC2)cc1OC. The molecule has 6 nitrogen and oxygen atoms in total. The first-order valence-electron chi connectivity index (χ1n) is 10.4. The fourth-order valence-corrected chi connectivity index (χ4v) is 3.43. The van der Waals surface area contributed by atoms with Crippen molar-refractivity contribution >= 4 is 17.3 Å². The molecule has 0 spiro atoms. The summed E-state index contributed by atoms with van der Waals surface area (Å²) in [6.07, 6.45) is -3.67. The summed E-state index contributed by atoms with van der Waals surface area (Å²) in [6.45, 7) is 1.34. The highest BCUT2D eigenvalue weighted by molar-refractivity contribution is 6.01. The maximum atomic E-state index is 13.1. The molecule has 1 N–H and O–H groups in total. The number of carbonyl (C=O) groups excluding carboxylic acids is 1. The molecule has 1 aliphatic heterocycles. The van der Waals surface area contributed by atoms with Crippen molar-refractivity contribution in [2.75, 3.05) is 32.6 Å². The average Bonchev–Trinajstić information content (AvgIpc) is 2.82. The zero-order chi connectivity index (χ0) is 24.9. The Kier molecular flexibility index (Phi) is 7.63. The monoisotopic (exact) mass is 485 g/mol. The van der Waals surface area contributed by atoms with Gasteiger partial charge in [0.25, 0.3) is 0 Å². The van der Waals surface area contributed by atoms with E-state index in [1.165, 1.54) is 12.1 Å². The summed E-state index contributed by atoms with van der Waals surface area (Å²) in [5.41, 5.74) is 2.51. The Balaban J connectivity index is 1.61. The van der Waals surface area contributed by atoms with Crippen LogP contribution >= 0.6 is 0 Å². The number of hydrogen-bond donors (Lipinski definition) is 1. The lowest BCUT2D eigenvalue weighted by atomic mass is 10.0. The maximum Gasteiger partial charge on any atom is 0.463 e. The first-order valence-corrected chi connectivity index (χ1v) is 10.4. The van der Waals surface area contributed by atoms with Crippen LogP contribution in [0.25, 0.3) is 0 Å². The number of hydrazone groups is 1. The third-order valence-electron chi connectivity index (χ3n) is 5.32. The van der Waals surface area contributed by atoms with Crippen molar-refractivity contribution in [3.63, 3.8) is 0 Å². The molecule has 1 aliphatic rings. The van der Waals surface area contributed by atoms with E-state index in [1.54, 1.807) is 31.7 Å². The molecule has 2 aromatic rings. The average molecular weight is 485 g/mol. The number of ether oxygens (including phenoxy) is 2. The first kappa shape index (κ1) is 25.3. The lowest BCUT2D eigenvalue weighted by Gasteiger charge is -2.26. The lowest BCUT2D eigenvalue weighted by molar-refractivity contribution is -0.267. The summed E-state index contributed by atoms with van der Waals surface area (Å²) in [6, 6.07) is 11.3. The van der Waals surface area contributed by atoms with Crippen LogP contribution in [0.15, 0.2) is 47.6 Å². The molecule has 184 valence electrons. The number of nitrogens with zero attached hydrogens (tertiary/aromatic N) is 2. The Labute approximate surface area is 193 Å². The standard InChI is InChI=1S/C23H24F5N3O3/c1-33-19-10-7-16(14-20(19)34-2)18-4-3-12-31(30-18)13-11-15-5-8-17(9-6-15)29-21(32)22(24,25)23(26,27)28/h5-10,14H,3-4,11-13H2,1-2H3,(H,29,32). The Morgan fingerprint density at radius 3 is 2.32 bits per heavy atom. The highest BCUT2D eigenvalue weighted by Crippen LogP contribution is 2.36. The van der Waals surface area contributed by atoms with Crippen molar-refractivity contribution in [3.8, 4) is 11.5 Å². The first-order chi connectivity index (χ1) is 16.0. The van der Waals surface area contributed by atoms with Crippen LogP contribution in [-0.2, 0) is 11.2 Å². The third kappa shape index (κ3) is 5.75. The van der Waals surface area contributed by atoms with Crippen LogP contribution in [0.1, 0.15) is 24.0 Å². The summed E-state index contributed by atoms with van der Waals surface area (Å²) < 4.78 is 73.7. The minimum atomic E-state index is -5.96. The van der Waals surface area contributed by atoms with Crippen molar-refractivity contribution in [1.29, 1.82) is 0 Å². The van der Waals surface area contributed by atoms with Gasteiger partial charge in [0.05, 0.1) is 19.9 Å². The molecule has 2 aromatic carbocycles. The number of benzene rings is 2. The highest BCUT2D eigenvalue weighted by atomic mass is 19.4. The van der Waals surface area contributed by atoms with Crippen molar-refractivity contribution < 1.29 is 36.2 Å². The normalized spacial score (nSPS) is 14.4. The molecule has 0 unspecified atom stereocenters. The molecule has 0 radical (unpaired) electrons. The van der Waals surface area contributed by atoms with E-state index in [0.717, 1.165) is 36.2 Å². The van der Waals surface area contributed by atoms with Crippen LogP contribution in [0.4, 0.5) is 27.6 Å². The topological polar surface area (TPSA) is 63.2 Å². The van der Waals surface area contributed by atoms with Crippen LogP contribution in [0.5, 0.6) is 11.5 Å². The molecule has 0 aliphatic carbocycles. The highest BCUT2D eigenvalue weighted by Gasteiger charge is 2.63. The van der Waals surface area contributed by atoms with Crippen LogP contribution in [-0.4, -0.2) is 56.0 Å². The fraction of sp³-hybridized carbons (Fsp3) is 0.391. The number of carbonyl (C=O) groups is 1. The van der Waals surface area contributed by atoms with Gasteiger partial charge in [-0.1, -0.05) is 12.1 Å². The number of amides is 1. The van der Waals surface area contributed by atoms with Crippen molar-refractivity contribution in [3.05, 3.63) is 53.6 Å². The molecule has 0 aromatic heterocycles. The van der Waals surface area contributed by atoms with Gasteiger partial charge in [0.1, 0.15) is 0 Å². The van der Waals surface area contributed by atoms with Gasteiger partial charge < -0.3 is 14.8 Å². The van der Waals surface area contributed by atoms with Gasteiger partial charge in [-0.25, -0.2) is 0 Å². The number of alkyl halides is 5. The van der Waals surface area contributed by atoms with Gasteiger partial charge in [0.2, 0.25) is 0 Å². The number of nitrogens with one attached hydrogen (secondary N) is 1. The second kappa shape index (κ2) is 10.3. The van der Waals surface area contributed by atoms with Gasteiger partial charge in [0, 0.05) is 24.3 Å². The van der Waals surface area contributed by atoms with Crippen molar-refractivity contribution in [2.24, 2.45) is 5.10 Å². The molecule has 0 saturated carbocycles. The quantitative estimate of drug-likeness (QED) is 0.542. The molecule has 3 rings (SSSR count). The van der Waals surface area contributed by atoms with Gasteiger partial charge in [-0.2, -0.15) is 27.1 Å². The number of anilines is 1. The minimum absolute atomic E-state index is 0.149. The molecule has 34 heavy (non-hydrogen) atoms. The molecule has 11 heteroatoms. The van der Waals surface area contributed by atoms with Crippen LogP contribution < -0.4 is 14.8 Å². The molecule has 0 saturated heterocycles. The Morgan fingerprint density at radius 1 is 1.03 bits per heavy atom. The van der Waals surface area contributed by atoms with E-state index in [2.05, 4.69) is 0 Å². The van der Waals surface area contributed by atoms with Crippen molar-refractivity contribution in [1.82, 2.24) is 5.01 Å². The van der Waals surface area contributed by atoms with E-state index in [0.29, 0.717) is 24.5 Å². The van der Waals surface area contributed by atoms with Gasteiger partial charge in [-0.05, 0) is 55.2 Å². The Bertz CT molecular complexity index is 1040. The summed E-state index contributed by atoms with van der Waals surface area (Å²) in [5.74, 6) is -6.65. The number of methoxy groups -OCH3 is 2. The van der Waals surface area contributed by atoms with E-state index >= 15 is 0 Å². The summed E-state index contributed by atoms with van der Waals surface area (Å²) in [5, 5.41) is 8.24. The van der Waals surface area contributed by atoms with Crippen LogP contribution in [0, 0.1) is 0 Å². The molecule has 0 fully saturated rings. The fourth-order valence-electron chi connectivity index (χ4n) is 3.43. The van der Waals surface area contributed by atoms with E-state index in [9.17, 15) is 26.7 Å². The third-order valence-corrected chi connectivity index (χ3v) is 5.32. The zero-order valence-electron chi connectivity index (χ0n) is 18.6. The predicted molar refractivity (Wildman–Crippen MR) is 117 cm³/mol. The van der Waals surface area contributed by atoms with Gasteiger partial charge in [-0.15, -0.1) is 0 Å².